The van der Waals surface area contributed by atoms with E-state index in [-0.39, 0.29) is 35.7 Å². The van der Waals surface area contributed by atoms with Gasteiger partial charge in [0.15, 0.2) is 13.2 Å². The van der Waals surface area contributed by atoms with Crippen LogP contribution in [0.2, 0.25) is 0 Å². The number of halogens is 5. The van der Waals surface area contributed by atoms with E-state index in [2.05, 4.69) is 15.6 Å². The molecule has 7 nitrogen and oxygen atoms in total. The number of dihydropyridines is 1. The summed E-state index contributed by atoms with van der Waals surface area (Å²) in [6.07, 6.45) is -0.708. The normalized spacial score (nSPS) is 15.9. The van der Waals surface area contributed by atoms with Crippen molar-refractivity contribution in [3.05, 3.63) is 41.2 Å². The number of aromatic nitrogens is 1. The highest BCUT2D eigenvalue weighted by atomic mass is 19.4. The molecule has 0 saturated heterocycles. The van der Waals surface area contributed by atoms with Crippen LogP contribution in [0.5, 0.6) is 11.6 Å². The van der Waals surface area contributed by atoms with Gasteiger partial charge in [0, 0.05) is 31.2 Å². The first-order valence-corrected chi connectivity index (χ1v) is 9.41. The minimum absolute atomic E-state index is 0.00448. The highest BCUT2D eigenvalue weighted by molar-refractivity contribution is 5.76. The van der Waals surface area contributed by atoms with Crippen LogP contribution >= 0.6 is 0 Å². The van der Waals surface area contributed by atoms with Crippen LogP contribution in [0.1, 0.15) is 24.6 Å². The van der Waals surface area contributed by atoms with Gasteiger partial charge >= 0.3 is 6.18 Å². The van der Waals surface area contributed by atoms with Gasteiger partial charge in [-0.15, -0.1) is 0 Å². The van der Waals surface area contributed by atoms with Gasteiger partial charge in [0.2, 0.25) is 11.8 Å². The predicted molar refractivity (Wildman–Crippen MR) is 103 cm³/mol. The lowest BCUT2D eigenvalue weighted by Crippen LogP contribution is -2.43. The van der Waals surface area contributed by atoms with Gasteiger partial charge in [-0.3, -0.25) is 4.79 Å². The van der Waals surface area contributed by atoms with E-state index in [1.807, 2.05) is 6.07 Å². The van der Waals surface area contributed by atoms with Crippen molar-refractivity contribution in [3.8, 4) is 17.7 Å². The Kier molecular flexibility index (Phi) is 8.02. The van der Waals surface area contributed by atoms with Crippen molar-refractivity contribution in [2.75, 3.05) is 13.2 Å². The van der Waals surface area contributed by atoms with Crippen molar-refractivity contribution in [1.82, 2.24) is 15.6 Å². The van der Waals surface area contributed by atoms with E-state index in [1.165, 1.54) is 19.2 Å². The van der Waals surface area contributed by atoms with Crippen molar-refractivity contribution < 1.29 is 36.2 Å². The molecular weight excluding hydrogens is 439 g/mol. The molecule has 0 aromatic carbocycles. The number of carbonyl (C=O) groups excluding carboxylic acids is 1. The van der Waals surface area contributed by atoms with Crippen LogP contribution in [0.3, 0.4) is 0 Å². The summed E-state index contributed by atoms with van der Waals surface area (Å²) in [6, 6.07) is 2.94. The monoisotopic (exact) mass is 460 g/mol. The Balaban J connectivity index is 2.08. The second-order valence-corrected chi connectivity index (χ2v) is 7.08. The number of nitrogens with zero attached hydrogens (tertiary/aromatic N) is 2. The van der Waals surface area contributed by atoms with Gasteiger partial charge in [0.1, 0.15) is 18.0 Å². The van der Waals surface area contributed by atoms with Gasteiger partial charge in [-0.05, 0) is 25.5 Å². The van der Waals surface area contributed by atoms with Gasteiger partial charge in [-0.1, -0.05) is 0 Å². The molecule has 0 aliphatic carbocycles. The fourth-order valence-corrected chi connectivity index (χ4v) is 2.56. The Morgan fingerprint density at radius 2 is 2.00 bits per heavy atom. The molecule has 0 bridgehead atoms. The summed E-state index contributed by atoms with van der Waals surface area (Å²) in [5, 5.41) is 14.2. The Labute approximate surface area is 180 Å². The van der Waals surface area contributed by atoms with Crippen molar-refractivity contribution in [2.24, 2.45) is 0 Å². The molecule has 1 aliphatic heterocycles. The molecule has 1 amide bonds. The lowest BCUT2D eigenvalue weighted by Gasteiger charge is -2.19. The average Bonchev–Trinajstić information content (AvgIpc) is 2.70. The van der Waals surface area contributed by atoms with Gasteiger partial charge < -0.3 is 20.1 Å². The first-order chi connectivity index (χ1) is 14.9. The lowest BCUT2D eigenvalue weighted by molar-refractivity contribution is -0.153. The number of ether oxygens (including phenoxy) is 2. The molecule has 32 heavy (non-hydrogen) atoms. The van der Waals surface area contributed by atoms with Gasteiger partial charge in [0.05, 0.1) is 11.3 Å². The number of alkyl halides is 5. The molecule has 1 atom stereocenters. The molecule has 2 heterocycles. The van der Waals surface area contributed by atoms with Crippen molar-refractivity contribution in [3.63, 3.8) is 0 Å². The molecule has 12 heteroatoms. The molecule has 0 radical (unpaired) electrons. The molecule has 0 saturated carbocycles. The van der Waals surface area contributed by atoms with Crippen molar-refractivity contribution in [1.29, 1.82) is 5.26 Å². The van der Waals surface area contributed by atoms with E-state index in [4.69, 9.17) is 14.7 Å². The van der Waals surface area contributed by atoms with E-state index in [9.17, 15) is 26.7 Å². The fourth-order valence-electron chi connectivity index (χ4n) is 2.56. The predicted octanol–water partition coefficient (Wildman–Crippen LogP) is 3.31. The Morgan fingerprint density at radius 1 is 1.28 bits per heavy atom. The zero-order chi connectivity index (χ0) is 23.9. The number of nitriles is 1. The molecule has 174 valence electrons. The van der Waals surface area contributed by atoms with Crippen LogP contribution < -0.4 is 20.1 Å². The van der Waals surface area contributed by atoms with Gasteiger partial charge in [-0.2, -0.15) is 18.4 Å². The summed E-state index contributed by atoms with van der Waals surface area (Å²) in [7, 11) is 0. The fraction of sp³-hybridized carbons (Fsp3) is 0.450. The van der Waals surface area contributed by atoms with Crippen LogP contribution in [0.4, 0.5) is 22.0 Å². The smallest absolute Gasteiger partial charge is 0.422 e. The summed E-state index contributed by atoms with van der Waals surface area (Å²) < 4.78 is 73.5. The SMILES string of the molecule is Cc1c(OCC(F)(F)F)cc(OCC(C)(F)F)nc1CCC(=O)NC1C=CC(C#N)=CN1. The maximum atomic E-state index is 13.1. The maximum Gasteiger partial charge on any atom is 0.422 e. The summed E-state index contributed by atoms with van der Waals surface area (Å²) in [5.41, 5.74) is 0.791. The zero-order valence-electron chi connectivity index (χ0n) is 17.2. The lowest BCUT2D eigenvalue weighted by atomic mass is 10.1. The quantitative estimate of drug-likeness (QED) is 0.549. The number of aryl methyl sites for hydroxylation is 1. The Morgan fingerprint density at radius 3 is 2.56 bits per heavy atom. The van der Waals surface area contributed by atoms with E-state index in [1.54, 1.807) is 6.08 Å². The number of carbonyl (C=O) groups is 1. The number of allylic oxidation sites excluding steroid dienone is 2. The summed E-state index contributed by atoms with van der Waals surface area (Å²) in [6.45, 7) is -0.543. The number of rotatable bonds is 9. The van der Waals surface area contributed by atoms with Gasteiger partial charge in [0.25, 0.3) is 5.92 Å². The highest BCUT2D eigenvalue weighted by Crippen LogP contribution is 2.29. The second-order valence-electron chi connectivity index (χ2n) is 7.08. The number of hydrogen-bond acceptors (Lipinski definition) is 6. The van der Waals surface area contributed by atoms with Gasteiger partial charge in [-0.25, -0.2) is 13.8 Å². The number of hydrogen-bond donors (Lipinski definition) is 2. The van der Waals surface area contributed by atoms with E-state index in [0.717, 1.165) is 6.07 Å². The number of amides is 1. The molecule has 1 unspecified atom stereocenters. The van der Waals surface area contributed by atoms with E-state index >= 15 is 0 Å². The molecular formula is C20H21F5N4O3. The molecule has 0 spiro atoms. The third-order valence-electron chi connectivity index (χ3n) is 4.09. The van der Waals surface area contributed by atoms with Crippen molar-refractivity contribution in [2.45, 2.75) is 45.0 Å². The summed E-state index contributed by atoms with van der Waals surface area (Å²) >= 11 is 0. The molecule has 1 aromatic heterocycles. The molecule has 2 N–H and O–H groups in total. The van der Waals surface area contributed by atoms with Crippen LogP contribution in [0, 0.1) is 18.3 Å². The molecule has 0 fully saturated rings. The Hall–Kier alpha value is -3.36. The second kappa shape index (κ2) is 10.3. The molecule has 2 rings (SSSR count). The summed E-state index contributed by atoms with van der Waals surface area (Å²) in [5.74, 6) is -4.16. The average molecular weight is 460 g/mol. The zero-order valence-corrected chi connectivity index (χ0v) is 17.2. The van der Waals surface area contributed by atoms with Crippen LogP contribution in [-0.4, -0.2) is 42.4 Å². The minimum atomic E-state index is -4.60. The van der Waals surface area contributed by atoms with Crippen LogP contribution in [-0.2, 0) is 11.2 Å². The molecule has 1 aliphatic rings. The highest BCUT2D eigenvalue weighted by Gasteiger charge is 2.29. The minimum Gasteiger partial charge on any atom is -0.484 e. The van der Waals surface area contributed by atoms with Crippen LogP contribution in [0.15, 0.2) is 30.0 Å². The Bertz CT molecular complexity index is 933. The first kappa shape index (κ1) is 24.9. The standard InChI is InChI=1S/C20H21F5N4O3/c1-12-14(4-6-17(30)29-16-5-3-13(8-26)9-27-16)28-18(32-10-19(2,21)22)7-15(12)31-11-20(23,24)25/h3,5,7,9,16,27H,4,6,10-11H2,1-2H3,(H,29,30). The molecule has 1 aromatic rings. The largest absolute Gasteiger partial charge is 0.484 e. The third kappa shape index (κ3) is 8.41. The third-order valence-corrected chi connectivity index (χ3v) is 4.09. The topological polar surface area (TPSA) is 96.3 Å². The van der Waals surface area contributed by atoms with E-state index in [0.29, 0.717) is 12.5 Å². The first-order valence-electron chi connectivity index (χ1n) is 9.41. The van der Waals surface area contributed by atoms with E-state index < -0.39 is 37.4 Å². The van der Waals surface area contributed by atoms with Crippen LogP contribution in [0.25, 0.3) is 0 Å². The number of nitrogens with one attached hydrogen (secondary N) is 2. The summed E-state index contributed by atoms with van der Waals surface area (Å²) in [4.78, 5) is 16.3. The number of pyridine rings is 1. The van der Waals surface area contributed by atoms with Crippen molar-refractivity contribution >= 4 is 5.91 Å². The maximum absolute atomic E-state index is 13.1.